The molecule has 3 aromatic heterocycles. The van der Waals surface area contributed by atoms with E-state index in [0.717, 1.165) is 48.1 Å². The second-order valence-electron chi connectivity index (χ2n) is 10.6. The average Bonchev–Trinajstić information content (AvgIpc) is 3.39. The monoisotopic (exact) mass is 534 g/mol. The second-order valence-corrected chi connectivity index (χ2v) is 12.7. The second kappa shape index (κ2) is 7.93. The molecule has 0 aromatic carbocycles. The number of aromatic nitrogens is 4. The number of H-pyrrole nitrogens is 1. The van der Waals surface area contributed by atoms with Crippen LogP contribution >= 0.6 is 22.7 Å². The number of piperidine rings is 2. The SMILES string of the molecule is CNC(=O)c1cc2c(s1)C(CCNCC(=O)N1C(C#N)CC34CC13C4)(c1nn[nH]n1)c1ccsc1CC2. The molecule has 12 heteroatoms. The van der Waals surface area contributed by atoms with E-state index in [4.69, 9.17) is 0 Å². The minimum atomic E-state index is -0.690. The first-order valence-electron chi connectivity index (χ1n) is 12.6. The van der Waals surface area contributed by atoms with E-state index in [1.165, 1.54) is 16.2 Å². The van der Waals surface area contributed by atoms with Crippen LogP contribution in [-0.4, -0.2) is 69.1 Å². The van der Waals surface area contributed by atoms with E-state index in [2.05, 4.69) is 48.8 Å². The van der Waals surface area contributed by atoms with Crippen molar-refractivity contribution in [1.82, 2.24) is 36.2 Å². The van der Waals surface area contributed by atoms with Crippen LogP contribution in [0.4, 0.5) is 0 Å². The average molecular weight is 535 g/mol. The van der Waals surface area contributed by atoms with Gasteiger partial charge in [-0.1, -0.05) is 5.21 Å². The molecule has 4 heterocycles. The molecule has 2 unspecified atom stereocenters. The summed E-state index contributed by atoms with van der Waals surface area (Å²) in [5.74, 6) is 0.466. The molecule has 0 bridgehead atoms. The molecule has 2 atom stereocenters. The maximum absolute atomic E-state index is 13.2. The van der Waals surface area contributed by atoms with E-state index in [0.29, 0.717) is 23.7 Å². The molecular weight excluding hydrogens is 508 g/mol. The highest BCUT2D eigenvalue weighted by atomic mass is 32.1. The number of fused-ring (bicyclic) bond motifs is 2. The lowest BCUT2D eigenvalue weighted by Crippen LogP contribution is -2.47. The number of nitrogens with one attached hydrogen (secondary N) is 3. The van der Waals surface area contributed by atoms with E-state index in [1.807, 2.05) is 11.0 Å². The van der Waals surface area contributed by atoms with Gasteiger partial charge in [-0.15, -0.1) is 32.9 Å². The third-order valence-corrected chi connectivity index (χ3v) is 11.2. The van der Waals surface area contributed by atoms with Gasteiger partial charge in [0.05, 0.1) is 28.4 Å². The molecule has 0 radical (unpaired) electrons. The van der Waals surface area contributed by atoms with Crippen molar-refractivity contribution in [3.63, 3.8) is 0 Å². The number of nitriles is 1. The molecule has 2 saturated carbocycles. The minimum Gasteiger partial charge on any atom is -0.354 e. The fourth-order valence-corrected chi connectivity index (χ4v) is 9.33. The van der Waals surface area contributed by atoms with Crippen molar-refractivity contribution >= 4 is 34.5 Å². The molecule has 3 aliphatic carbocycles. The lowest BCUT2D eigenvalue weighted by atomic mass is 9.75. The Bertz CT molecular complexity index is 1450. The summed E-state index contributed by atoms with van der Waals surface area (Å²) in [6.07, 6.45) is 5.24. The summed E-state index contributed by atoms with van der Waals surface area (Å²) in [7, 11) is 1.64. The number of thiophene rings is 2. The van der Waals surface area contributed by atoms with E-state index in [1.54, 1.807) is 18.4 Å². The number of tetrazole rings is 1. The number of carbonyl (C=O) groups excluding carboxylic acids is 2. The molecular formula is C25H26N8O2S2. The molecule has 2 amide bonds. The maximum atomic E-state index is 13.2. The normalized spacial score (nSPS) is 30.4. The first-order valence-corrected chi connectivity index (χ1v) is 14.3. The molecule has 1 aliphatic heterocycles. The zero-order valence-electron chi connectivity index (χ0n) is 20.3. The van der Waals surface area contributed by atoms with Gasteiger partial charge in [0.1, 0.15) is 6.04 Å². The summed E-state index contributed by atoms with van der Waals surface area (Å²) < 4.78 is 0. The lowest BCUT2D eigenvalue weighted by molar-refractivity contribution is -0.133. The van der Waals surface area contributed by atoms with Crippen LogP contribution in [0.5, 0.6) is 0 Å². The molecule has 190 valence electrons. The van der Waals surface area contributed by atoms with E-state index in [-0.39, 0.29) is 35.4 Å². The fraction of sp³-hybridized carbons (Fsp3) is 0.520. The van der Waals surface area contributed by atoms with Crippen LogP contribution in [0.3, 0.4) is 0 Å². The Labute approximate surface area is 221 Å². The predicted octanol–water partition coefficient (Wildman–Crippen LogP) is 1.75. The standard InChI is InChI=1S/C25H26N8O2S2/c1-27-21(35)18-8-14-2-3-17-16(4-7-36-17)25(20(14)37-18,22-29-31-32-30-22)5-6-28-11-19(34)33-15(10-26)9-23-12-24(23,33)13-23/h4,7-8,15,28H,2-3,5-6,9,11-13H2,1H3,(H,27,35)(H,29,30,31,32). The Morgan fingerprint density at radius 3 is 2.97 bits per heavy atom. The van der Waals surface area contributed by atoms with Crippen LogP contribution in [0.15, 0.2) is 17.5 Å². The number of aryl methyl sites for hydroxylation is 2. The number of amides is 2. The Hall–Kier alpha value is -3.14. The summed E-state index contributed by atoms with van der Waals surface area (Å²) in [5, 5.41) is 33.2. The molecule has 37 heavy (non-hydrogen) atoms. The summed E-state index contributed by atoms with van der Waals surface area (Å²) in [4.78, 5) is 30.6. The highest BCUT2D eigenvalue weighted by Crippen LogP contribution is 2.87. The Morgan fingerprint density at radius 2 is 2.22 bits per heavy atom. The highest BCUT2D eigenvalue weighted by Gasteiger charge is 2.90. The predicted molar refractivity (Wildman–Crippen MR) is 136 cm³/mol. The first kappa shape index (κ1) is 23.0. The largest absolute Gasteiger partial charge is 0.354 e. The molecule has 3 aromatic rings. The summed E-state index contributed by atoms with van der Waals surface area (Å²) in [6, 6.07) is 6.17. The zero-order chi connectivity index (χ0) is 25.4. The molecule has 10 nitrogen and oxygen atoms in total. The molecule has 0 spiro atoms. The van der Waals surface area contributed by atoms with E-state index < -0.39 is 5.41 Å². The van der Waals surface area contributed by atoms with Gasteiger partial charge in [0.2, 0.25) is 5.91 Å². The molecule has 3 N–H and O–H groups in total. The van der Waals surface area contributed by atoms with Gasteiger partial charge in [-0.2, -0.15) is 10.5 Å². The van der Waals surface area contributed by atoms with Gasteiger partial charge in [-0.3, -0.25) is 9.59 Å². The minimum absolute atomic E-state index is 0.00726. The number of carbonyl (C=O) groups is 2. The van der Waals surface area contributed by atoms with Crippen LogP contribution in [0, 0.1) is 16.7 Å². The van der Waals surface area contributed by atoms with Crippen molar-refractivity contribution in [2.24, 2.45) is 5.41 Å². The van der Waals surface area contributed by atoms with Gasteiger partial charge < -0.3 is 15.5 Å². The quantitative estimate of drug-likeness (QED) is 0.393. The molecule has 1 saturated heterocycles. The van der Waals surface area contributed by atoms with Crippen molar-refractivity contribution in [2.75, 3.05) is 20.1 Å². The third kappa shape index (κ3) is 3.08. The van der Waals surface area contributed by atoms with Gasteiger partial charge in [-0.05, 0) is 73.7 Å². The summed E-state index contributed by atoms with van der Waals surface area (Å²) in [6.45, 7) is 0.723. The van der Waals surface area contributed by atoms with Crippen LogP contribution in [0.1, 0.15) is 62.1 Å². The molecule has 4 aliphatic rings. The van der Waals surface area contributed by atoms with E-state index >= 15 is 0 Å². The Morgan fingerprint density at radius 1 is 1.35 bits per heavy atom. The first-order chi connectivity index (χ1) is 18.0. The molecule has 3 fully saturated rings. The topological polar surface area (TPSA) is 140 Å². The van der Waals surface area contributed by atoms with Crippen molar-refractivity contribution in [3.05, 3.63) is 49.1 Å². The van der Waals surface area contributed by atoms with Gasteiger partial charge in [0.25, 0.3) is 5.91 Å². The fourth-order valence-electron chi connectivity index (χ4n) is 6.99. The van der Waals surface area contributed by atoms with Crippen molar-refractivity contribution in [2.45, 2.75) is 55.5 Å². The smallest absolute Gasteiger partial charge is 0.261 e. The van der Waals surface area contributed by atoms with Crippen LogP contribution in [0.2, 0.25) is 0 Å². The van der Waals surface area contributed by atoms with Gasteiger partial charge in [0, 0.05) is 22.2 Å². The zero-order valence-corrected chi connectivity index (χ0v) is 22.0. The summed E-state index contributed by atoms with van der Waals surface area (Å²) in [5.41, 5.74) is 1.80. The van der Waals surface area contributed by atoms with Crippen LogP contribution in [-0.2, 0) is 23.1 Å². The number of hydrogen-bond acceptors (Lipinski definition) is 9. The number of nitrogens with zero attached hydrogens (tertiary/aromatic N) is 5. The lowest BCUT2D eigenvalue weighted by Gasteiger charge is -2.32. The summed E-state index contributed by atoms with van der Waals surface area (Å²) >= 11 is 3.21. The van der Waals surface area contributed by atoms with E-state index in [9.17, 15) is 14.9 Å². The van der Waals surface area contributed by atoms with Crippen molar-refractivity contribution in [3.8, 4) is 6.07 Å². The number of aromatic amines is 1. The van der Waals surface area contributed by atoms with Crippen LogP contribution in [0.25, 0.3) is 0 Å². The van der Waals surface area contributed by atoms with Crippen molar-refractivity contribution < 1.29 is 9.59 Å². The van der Waals surface area contributed by atoms with Gasteiger partial charge in [0.15, 0.2) is 5.82 Å². The number of rotatable bonds is 7. The van der Waals surface area contributed by atoms with Crippen molar-refractivity contribution in [1.29, 1.82) is 5.26 Å². The van der Waals surface area contributed by atoms with Gasteiger partial charge >= 0.3 is 0 Å². The Balaban J connectivity index is 1.19. The Kier molecular flexibility index (Phi) is 4.93. The maximum Gasteiger partial charge on any atom is 0.261 e. The molecule has 7 rings (SSSR count). The number of hydrogen-bond donors (Lipinski definition) is 3. The van der Waals surface area contributed by atoms with Crippen LogP contribution < -0.4 is 10.6 Å². The number of likely N-dealkylation sites (tertiary alicyclic amines) is 1. The van der Waals surface area contributed by atoms with Gasteiger partial charge in [-0.25, -0.2) is 0 Å². The highest BCUT2D eigenvalue weighted by molar-refractivity contribution is 7.14. The third-order valence-electron chi connectivity index (χ3n) is 8.93.